The molecule has 1 aliphatic rings. The number of nitrogens with two attached hydrogens (primary N) is 1. The Hall–Kier alpha value is -1.43. The number of aromatic nitrogens is 4. The standard InChI is InChI=1S/C12H17N5S/c1-17-11(9-7-18-12(13)14-9)15-10(16-17)8-5-3-2-4-6-8/h7-8H,2-6H2,1H3,(H2,13,14). The van der Waals surface area contributed by atoms with Crippen LogP contribution in [0.2, 0.25) is 0 Å². The quantitative estimate of drug-likeness (QED) is 0.904. The van der Waals surface area contributed by atoms with Crippen molar-refractivity contribution in [3.63, 3.8) is 0 Å². The normalized spacial score (nSPS) is 17.2. The van der Waals surface area contributed by atoms with Gasteiger partial charge in [-0.3, -0.25) is 0 Å². The molecule has 5 nitrogen and oxygen atoms in total. The zero-order valence-corrected chi connectivity index (χ0v) is 11.3. The SMILES string of the molecule is Cn1nc(C2CCCCC2)nc1-c1csc(N)n1. The van der Waals surface area contributed by atoms with E-state index in [9.17, 15) is 0 Å². The smallest absolute Gasteiger partial charge is 0.180 e. The van der Waals surface area contributed by atoms with E-state index in [2.05, 4.69) is 15.1 Å². The van der Waals surface area contributed by atoms with E-state index in [0.29, 0.717) is 11.0 Å². The Bertz CT molecular complexity index is 538. The molecule has 3 rings (SSSR count). The van der Waals surface area contributed by atoms with E-state index in [0.717, 1.165) is 17.3 Å². The third-order valence-corrected chi connectivity index (χ3v) is 4.17. The maximum Gasteiger partial charge on any atom is 0.180 e. The molecule has 0 spiro atoms. The van der Waals surface area contributed by atoms with Gasteiger partial charge in [-0.2, -0.15) is 5.10 Å². The molecule has 0 atom stereocenters. The summed E-state index contributed by atoms with van der Waals surface area (Å²) in [6.07, 6.45) is 6.36. The third kappa shape index (κ3) is 2.12. The molecule has 0 aromatic carbocycles. The monoisotopic (exact) mass is 263 g/mol. The molecule has 2 aromatic heterocycles. The minimum absolute atomic E-state index is 0.523. The summed E-state index contributed by atoms with van der Waals surface area (Å²) >= 11 is 1.44. The van der Waals surface area contributed by atoms with Crippen LogP contribution in [0.1, 0.15) is 43.8 Å². The molecule has 6 heteroatoms. The minimum Gasteiger partial charge on any atom is -0.375 e. The minimum atomic E-state index is 0.523. The fraction of sp³-hybridized carbons (Fsp3) is 0.583. The van der Waals surface area contributed by atoms with E-state index in [-0.39, 0.29) is 0 Å². The van der Waals surface area contributed by atoms with E-state index in [1.807, 2.05) is 17.1 Å². The number of hydrogen-bond acceptors (Lipinski definition) is 5. The van der Waals surface area contributed by atoms with Crippen LogP contribution in [0.5, 0.6) is 0 Å². The Kier molecular flexibility index (Phi) is 3.03. The van der Waals surface area contributed by atoms with Gasteiger partial charge in [-0.1, -0.05) is 19.3 Å². The van der Waals surface area contributed by atoms with Gasteiger partial charge in [-0.25, -0.2) is 14.6 Å². The second kappa shape index (κ2) is 4.68. The van der Waals surface area contributed by atoms with Gasteiger partial charge in [0.05, 0.1) is 0 Å². The van der Waals surface area contributed by atoms with E-state index < -0.39 is 0 Å². The summed E-state index contributed by atoms with van der Waals surface area (Å²) in [6.45, 7) is 0. The largest absolute Gasteiger partial charge is 0.375 e. The summed E-state index contributed by atoms with van der Waals surface area (Å²) in [7, 11) is 1.92. The van der Waals surface area contributed by atoms with Crippen LogP contribution in [-0.2, 0) is 7.05 Å². The zero-order valence-electron chi connectivity index (χ0n) is 10.5. The molecule has 1 saturated carbocycles. The average Bonchev–Trinajstić information content (AvgIpc) is 2.97. The highest BCUT2D eigenvalue weighted by atomic mass is 32.1. The molecule has 2 heterocycles. The molecule has 18 heavy (non-hydrogen) atoms. The van der Waals surface area contributed by atoms with E-state index in [4.69, 9.17) is 5.73 Å². The van der Waals surface area contributed by atoms with Crippen LogP contribution in [0.25, 0.3) is 11.5 Å². The predicted octanol–water partition coefficient (Wildman–Crippen LogP) is 2.57. The summed E-state index contributed by atoms with van der Waals surface area (Å²) in [4.78, 5) is 8.93. The van der Waals surface area contributed by atoms with Gasteiger partial charge in [0.1, 0.15) is 5.69 Å². The maximum atomic E-state index is 5.67. The first kappa shape index (κ1) is 11.6. The van der Waals surface area contributed by atoms with Crippen LogP contribution in [-0.4, -0.2) is 19.7 Å². The van der Waals surface area contributed by atoms with E-state index >= 15 is 0 Å². The van der Waals surface area contributed by atoms with Crippen LogP contribution in [0, 0.1) is 0 Å². The molecule has 1 aliphatic carbocycles. The van der Waals surface area contributed by atoms with Crippen molar-refractivity contribution in [3.05, 3.63) is 11.2 Å². The lowest BCUT2D eigenvalue weighted by molar-refractivity contribution is 0.427. The molecule has 1 fully saturated rings. The van der Waals surface area contributed by atoms with Gasteiger partial charge in [-0.05, 0) is 12.8 Å². The molecule has 0 bridgehead atoms. The average molecular weight is 263 g/mol. The van der Waals surface area contributed by atoms with Gasteiger partial charge in [0.25, 0.3) is 0 Å². The number of nitrogen functional groups attached to an aromatic ring is 1. The van der Waals surface area contributed by atoms with Crippen LogP contribution < -0.4 is 5.73 Å². The third-order valence-electron chi connectivity index (χ3n) is 3.50. The Morgan fingerprint density at radius 3 is 2.72 bits per heavy atom. The van der Waals surface area contributed by atoms with Crippen molar-refractivity contribution in [2.75, 3.05) is 5.73 Å². The van der Waals surface area contributed by atoms with Crippen LogP contribution >= 0.6 is 11.3 Å². The molecule has 2 N–H and O–H groups in total. The summed E-state index contributed by atoms with van der Waals surface area (Å²) < 4.78 is 1.82. The Morgan fingerprint density at radius 1 is 1.28 bits per heavy atom. The number of aryl methyl sites for hydroxylation is 1. The number of thiazole rings is 1. The molecule has 0 amide bonds. The lowest BCUT2D eigenvalue weighted by Gasteiger charge is -2.18. The molecular weight excluding hydrogens is 246 g/mol. The predicted molar refractivity (Wildman–Crippen MR) is 72.3 cm³/mol. The van der Waals surface area contributed by atoms with Gasteiger partial charge in [0.2, 0.25) is 0 Å². The highest BCUT2D eigenvalue weighted by Crippen LogP contribution is 2.32. The Labute approximate surface area is 110 Å². The van der Waals surface area contributed by atoms with E-state index in [1.54, 1.807) is 0 Å². The lowest BCUT2D eigenvalue weighted by Crippen LogP contribution is -2.06. The number of hydrogen-bond donors (Lipinski definition) is 1. The number of anilines is 1. The highest BCUT2D eigenvalue weighted by Gasteiger charge is 2.21. The Morgan fingerprint density at radius 2 is 2.06 bits per heavy atom. The Balaban J connectivity index is 1.90. The van der Waals surface area contributed by atoms with Gasteiger partial charge < -0.3 is 5.73 Å². The molecule has 0 radical (unpaired) electrons. The van der Waals surface area contributed by atoms with Gasteiger partial charge in [0, 0.05) is 18.3 Å². The number of rotatable bonds is 2. The lowest BCUT2D eigenvalue weighted by atomic mass is 9.89. The van der Waals surface area contributed by atoms with Crippen molar-refractivity contribution in [2.45, 2.75) is 38.0 Å². The first-order valence-electron chi connectivity index (χ1n) is 6.36. The fourth-order valence-electron chi connectivity index (χ4n) is 2.55. The summed E-state index contributed by atoms with van der Waals surface area (Å²) in [6, 6.07) is 0. The van der Waals surface area contributed by atoms with Crippen LogP contribution in [0.15, 0.2) is 5.38 Å². The second-order valence-corrected chi connectivity index (χ2v) is 5.71. The second-order valence-electron chi connectivity index (χ2n) is 4.82. The maximum absolute atomic E-state index is 5.67. The van der Waals surface area contributed by atoms with Crippen molar-refractivity contribution < 1.29 is 0 Å². The molecule has 96 valence electrons. The zero-order chi connectivity index (χ0) is 12.5. The number of nitrogens with zero attached hydrogens (tertiary/aromatic N) is 4. The highest BCUT2D eigenvalue weighted by molar-refractivity contribution is 7.13. The van der Waals surface area contributed by atoms with Crippen molar-refractivity contribution in [2.24, 2.45) is 7.05 Å². The van der Waals surface area contributed by atoms with Gasteiger partial charge in [-0.15, -0.1) is 11.3 Å². The van der Waals surface area contributed by atoms with Crippen molar-refractivity contribution in [1.29, 1.82) is 0 Å². The van der Waals surface area contributed by atoms with E-state index in [1.165, 1.54) is 43.4 Å². The first-order valence-corrected chi connectivity index (χ1v) is 7.24. The summed E-state index contributed by atoms with van der Waals surface area (Å²) in [5.74, 6) is 2.32. The molecule has 0 aliphatic heterocycles. The van der Waals surface area contributed by atoms with Crippen molar-refractivity contribution >= 4 is 16.5 Å². The van der Waals surface area contributed by atoms with Gasteiger partial charge in [0.15, 0.2) is 16.8 Å². The molecule has 0 saturated heterocycles. The van der Waals surface area contributed by atoms with Crippen molar-refractivity contribution in [1.82, 2.24) is 19.7 Å². The van der Waals surface area contributed by atoms with Gasteiger partial charge >= 0.3 is 0 Å². The summed E-state index contributed by atoms with van der Waals surface area (Å²) in [5, 5.41) is 7.06. The van der Waals surface area contributed by atoms with Crippen LogP contribution in [0.3, 0.4) is 0 Å². The van der Waals surface area contributed by atoms with Crippen molar-refractivity contribution in [3.8, 4) is 11.5 Å². The molecular formula is C12H17N5S. The fourth-order valence-corrected chi connectivity index (χ4v) is 3.09. The topological polar surface area (TPSA) is 69.6 Å². The first-order chi connectivity index (χ1) is 8.74. The molecule has 2 aromatic rings. The summed E-state index contributed by atoms with van der Waals surface area (Å²) in [5.41, 5.74) is 6.49. The molecule has 0 unspecified atom stereocenters. The van der Waals surface area contributed by atoms with Crippen LogP contribution in [0.4, 0.5) is 5.13 Å².